The molecule has 0 unspecified atom stereocenters. The molecule has 6 heteroatoms. The molecule has 1 amide bonds. The number of thiophene rings is 1. The molecule has 0 fully saturated rings. The van der Waals surface area contributed by atoms with Gasteiger partial charge in [-0.15, -0.1) is 11.3 Å². The van der Waals surface area contributed by atoms with E-state index in [9.17, 15) is 9.59 Å². The summed E-state index contributed by atoms with van der Waals surface area (Å²) in [4.78, 5) is 25.2. The van der Waals surface area contributed by atoms with Gasteiger partial charge in [0.15, 0.2) is 5.69 Å². The van der Waals surface area contributed by atoms with Crippen LogP contribution in [0.3, 0.4) is 0 Å². The molecule has 3 aromatic rings. The fourth-order valence-electron chi connectivity index (χ4n) is 2.16. The highest BCUT2D eigenvalue weighted by molar-refractivity contribution is 7.10. The molecule has 0 aliphatic heterocycles. The molecular formula is C15H13N3O2S. The van der Waals surface area contributed by atoms with E-state index in [1.54, 1.807) is 35.6 Å². The van der Waals surface area contributed by atoms with Crippen molar-refractivity contribution in [3.05, 3.63) is 62.7 Å². The van der Waals surface area contributed by atoms with Crippen molar-refractivity contribution in [3.8, 4) is 0 Å². The second-order valence-electron chi connectivity index (χ2n) is 4.66. The minimum Gasteiger partial charge on any atom is -0.343 e. The van der Waals surface area contributed by atoms with Gasteiger partial charge in [0.1, 0.15) is 0 Å². The van der Waals surface area contributed by atoms with Crippen molar-refractivity contribution in [1.82, 2.24) is 15.5 Å². The number of carbonyl (C=O) groups excluding carboxylic acids is 1. The normalized spacial score (nSPS) is 12.2. The summed E-state index contributed by atoms with van der Waals surface area (Å²) in [7, 11) is 0. The van der Waals surface area contributed by atoms with Crippen molar-refractivity contribution in [3.63, 3.8) is 0 Å². The molecule has 2 aromatic heterocycles. The second kappa shape index (κ2) is 5.49. The lowest BCUT2D eigenvalue weighted by Crippen LogP contribution is -2.28. The molecule has 1 atom stereocenters. The molecule has 0 radical (unpaired) electrons. The van der Waals surface area contributed by atoms with E-state index in [2.05, 4.69) is 15.5 Å². The van der Waals surface area contributed by atoms with Crippen LogP contribution in [-0.2, 0) is 0 Å². The van der Waals surface area contributed by atoms with Gasteiger partial charge < -0.3 is 5.32 Å². The predicted molar refractivity (Wildman–Crippen MR) is 82.6 cm³/mol. The van der Waals surface area contributed by atoms with Crippen LogP contribution in [0.5, 0.6) is 0 Å². The van der Waals surface area contributed by atoms with Crippen molar-refractivity contribution >= 4 is 28.0 Å². The second-order valence-corrected chi connectivity index (χ2v) is 5.64. The van der Waals surface area contributed by atoms with Crippen LogP contribution in [0.2, 0.25) is 0 Å². The molecule has 0 aliphatic rings. The molecule has 21 heavy (non-hydrogen) atoms. The zero-order chi connectivity index (χ0) is 14.8. The topological polar surface area (TPSA) is 74.8 Å². The molecule has 2 N–H and O–H groups in total. The van der Waals surface area contributed by atoms with Gasteiger partial charge in [-0.05, 0) is 24.4 Å². The maximum Gasteiger partial charge on any atom is 0.272 e. The number of nitrogens with one attached hydrogen (secondary N) is 2. The highest BCUT2D eigenvalue weighted by atomic mass is 32.1. The zero-order valence-electron chi connectivity index (χ0n) is 11.3. The number of fused-ring (bicyclic) bond motifs is 1. The summed E-state index contributed by atoms with van der Waals surface area (Å²) in [6, 6.07) is 10.7. The molecule has 1 aromatic carbocycles. The summed E-state index contributed by atoms with van der Waals surface area (Å²) in [6.07, 6.45) is 0. The predicted octanol–water partition coefficient (Wildman–Crippen LogP) is 2.48. The minimum atomic E-state index is -0.302. The van der Waals surface area contributed by atoms with Gasteiger partial charge in [0.05, 0.1) is 11.4 Å². The largest absolute Gasteiger partial charge is 0.343 e. The van der Waals surface area contributed by atoms with Gasteiger partial charge in [0, 0.05) is 10.3 Å². The summed E-state index contributed by atoms with van der Waals surface area (Å²) in [5, 5.41) is 12.1. The maximum atomic E-state index is 12.4. The molecule has 2 heterocycles. The summed E-state index contributed by atoms with van der Waals surface area (Å²) in [5.74, 6) is -0.302. The van der Waals surface area contributed by atoms with Crippen LogP contribution in [0.25, 0.3) is 10.8 Å². The van der Waals surface area contributed by atoms with Crippen LogP contribution in [0.15, 0.2) is 46.6 Å². The number of hydrogen-bond acceptors (Lipinski definition) is 4. The molecule has 5 nitrogen and oxygen atoms in total. The number of carbonyl (C=O) groups is 1. The Morgan fingerprint density at radius 1 is 1.24 bits per heavy atom. The van der Waals surface area contributed by atoms with E-state index in [1.165, 1.54) is 0 Å². The van der Waals surface area contributed by atoms with E-state index >= 15 is 0 Å². The summed E-state index contributed by atoms with van der Waals surface area (Å²) >= 11 is 1.58. The van der Waals surface area contributed by atoms with Crippen LogP contribution in [0.1, 0.15) is 28.3 Å². The number of amides is 1. The first kappa shape index (κ1) is 13.5. The molecule has 106 valence electrons. The number of aromatic nitrogens is 2. The summed E-state index contributed by atoms with van der Waals surface area (Å²) < 4.78 is 0. The Kier molecular flexibility index (Phi) is 3.53. The molecule has 0 bridgehead atoms. The monoisotopic (exact) mass is 299 g/mol. The molecular weight excluding hydrogens is 286 g/mol. The Balaban J connectivity index is 1.95. The van der Waals surface area contributed by atoms with E-state index in [4.69, 9.17) is 0 Å². The lowest BCUT2D eigenvalue weighted by Gasteiger charge is -2.12. The van der Waals surface area contributed by atoms with Gasteiger partial charge in [-0.2, -0.15) is 5.10 Å². The van der Waals surface area contributed by atoms with Crippen LogP contribution in [-0.4, -0.2) is 16.1 Å². The first-order chi connectivity index (χ1) is 10.2. The van der Waals surface area contributed by atoms with Gasteiger partial charge in [-0.1, -0.05) is 24.3 Å². The third-order valence-electron chi connectivity index (χ3n) is 3.23. The lowest BCUT2D eigenvalue weighted by molar-refractivity contribution is 0.0936. The van der Waals surface area contributed by atoms with Crippen LogP contribution >= 0.6 is 11.3 Å². The highest BCUT2D eigenvalue weighted by Crippen LogP contribution is 2.19. The highest BCUT2D eigenvalue weighted by Gasteiger charge is 2.17. The summed E-state index contributed by atoms with van der Waals surface area (Å²) in [6.45, 7) is 1.91. The molecule has 0 aliphatic carbocycles. The number of nitrogens with zero attached hydrogens (tertiary/aromatic N) is 1. The van der Waals surface area contributed by atoms with E-state index in [1.807, 2.05) is 24.4 Å². The number of benzene rings is 1. The van der Waals surface area contributed by atoms with Gasteiger partial charge in [-0.3, -0.25) is 9.59 Å². The van der Waals surface area contributed by atoms with Gasteiger partial charge in [0.2, 0.25) is 0 Å². The quantitative estimate of drug-likeness (QED) is 0.780. The fourth-order valence-corrected chi connectivity index (χ4v) is 2.90. The lowest BCUT2D eigenvalue weighted by atomic mass is 10.1. The van der Waals surface area contributed by atoms with Crippen LogP contribution < -0.4 is 10.9 Å². The number of hydrogen-bond donors (Lipinski definition) is 2. The molecule has 0 spiro atoms. The van der Waals surface area contributed by atoms with Gasteiger partial charge >= 0.3 is 0 Å². The average molecular weight is 299 g/mol. The Morgan fingerprint density at radius 2 is 2.00 bits per heavy atom. The SMILES string of the molecule is C[C@H](NC(=O)c1n[nH]c(=O)c2ccccc12)c1cccs1. The molecule has 3 rings (SSSR count). The summed E-state index contributed by atoms with van der Waals surface area (Å²) in [5.41, 5.74) is -0.0675. The molecule has 0 saturated carbocycles. The first-order valence-corrected chi connectivity index (χ1v) is 7.36. The zero-order valence-corrected chi connectivity index (χ0v) is 12.1. The smallest absolute Gasteiger partial charge is 0.272 e. The van der Waals surface area contributed by atoms with Crippen molar-refractivity contribution in [2.75, 3.05) is 0 Å². The van der Waals surface area contributed by atoms with Crippen LogP contribution in [0, 0.1) is 0 Å². The Bertz CT molecular complexity index is 840. The van der Waals surface area contributed by atoms with E-state index in [0.717, 1.165) is 4.88 Å². The third-order valence-corrected chi connectivity index (χ3v) is 4.28. The Hall–Kier alpha value is -2.47. The number of aromatic amines is 1. The third kappa shape index (κ3) is 2.57. The number of H-pyrrole nitrogens is 1. The van der Waals surface area contributed by atoms with E-state index in [0.29, 0.717) is 10.8 Å². The molecule has 0 saturated heterocycles. The Labute approximate surface area is 124 Å². The number of rotatable bonds is 3. The average Bonchev–Trinajstić information content (AvgIpc) is 3.02. The standard InChI is InChI=1S/C15H13N3O2S/c1-9(12-7-4-8-21-12)16-15(20)13-10-5-2-3-6-11(10)14(19)18-17-13/h2-9H,1H3,(H,16,20)(H,18,19)/t9-/m0/s1. The van der Waals surface area contributed by atoms with Gasteiger partial charge in [0.25, 0.3) is 11.5 Å². The van der Waals surface area contributed by atoms with Crippen molar-refractivity contribution < 1.29 is 4.79 Å². The maximum absolute atomic E-state index is 12.4. The van der Waals surface area contributed by atoms with Crippen molar-refractivity contribution in [2.45, 2.75) is 13.0 Å². The van der Waals surface area contributed by atoms with Crippen LogP contribution in [0.4, 0.5) is 0 Å². The fraction of sp³-hybridized carbons (Fsp3) is 0.133. The van der Waals surface area contributed by atoms with E-state index < -0.39 is 0 Å². The van der Waals surface area contributed by atoms with Crippen molar-refractivity contribution in [1.29, 1.82) is 0 Å². The Morgan fingerprint density at radius 3 is 2.71 bits per heavy atom. The minimum absolute atomic E-state index is 0.106. The first-order valence-electron chi connectivity index (χ1n) is 6.48. The van der Waals surface area contributed by atoms with E-state index in [-0.39, 0.29) is 23.2 Å². The van der Waals surface area contributed by atoms with Gasteiger partial charge in [-0.25, -0.2) is 5.10 Å². The van der Waals surface area contributed by atoms with Crippen molar-refractivity contribution in [2.24, 2.45) is 0 Å².